The number of hydrogen-bond acceptors (Lipinski definition) is 3. The van der Waals surface area contributed by atoms with Gasteiger partial charge in [0, 0.05) is 37.7 Å². The summed E-state index contributed by atoms with van der Waals surface area (Å²) >= 11 is 0. The van der Waals surface area contributed by atoms with Gasteiger partial charge in [-0.25, -0.2) is 0 Å². The molecule has 1 aliphatic carbocycles. The van der Waals surface area contributed by atoms with Gasteiger partial charge < -0.3 is 20.7 Å². The van der Waals surface area contributed by atoms with Gasteiger partial charge in [0.2, 0.25) is 0 Å². The van der Waals surface area contributed by atoms with Crippen molar-refractivity contribution in [3.05, 3.63) is 65.2 Å². The summed E-state index contributed by atoms with van der Waals surface area (Å²) < 4.78 is 6.48. The van der Waals surface area contributed by atoms with Crippen LogP contribution in [0, 0.1) is 0 Å². The Morgan fingerprint density at radius 1 is 1.12 bits per heavy atom. The Morgan fingerprint density at radius 2 is 1.91 bits per heavy atom. The van der Waals surface area contributed by atoms with E-state index in [2.05, 4.69) is 39.1 Å². The number of hydrogen-bond donors (Lipinski definition) is 3. The topological polar surface area (TPSA) is 74.8 Å². The smallest absolute Gasteiger partial charge is 0.251 e. The van der Waals surface area contributed by atoms with Crippen molar-refractivity contribution in [3.8, 4) is 5.75 Å². The van der Waals surface area contributed by atoms with Crippen LogP contribution in [0.15, 0.2) is 53.5 Å². The lowest BCUT2D eigenvalue weighted by Gasteiger charge is -2.40. The molecule has 1 saturated carbocycles. The average Bonchev–Trinajstić information content (AvgIpc) is 3.27. The Labute approximate surface area is 214 Å². The second-order valence-corrected chi connectivity index (χ2v) is 8.81. The van der Waals surface area contributed by atoms with Crippen LogP contribution in [0.1, 0.15) is 73.0 Å². The summed E-state index contributed by atoms with van der Waals surface area (Å²) in [5.41, 5.74) is 2.84. The highest BCUT2D eigenvalue weighted by Gasteiger charge is 2.43. The molecule has 1 amide bonds. The molecule has 0 aromatic heterocycles. The molecule has 4 rings (SSSR count). The normalized spacial score (nSPS) is 18.6. The predicted molar refractivity (Wildman–Crippen MR) is 143 cm³/mol. The fraction of sp³-hybridized carbons (Fsp3) is 0.462. The molecule has 2 aliphatic rings. The van der Waals surface area contributed by atoms with Crippen LogP contribution in [0.25, 0.3) is 0 Å². The van der Waals surface area contributed by atoms with E-state index in [1.165, 1.54) is 18.4 Å². The molecule has 0 bridgehead atoms. The second-order valence-electron chi connectivity index (χ2n) is 8.81. The number of aliphatic imine (C=N–C) groups is 1. The first-order valence-electron chi connectivity index (χ1n) is 11.7. The van der Waals surface area contributed by atoms with Crippen molar-refractivity contribution < 1.29 is 9.53 Å². The number of benzene rings is 2. The van der Waals surface area contributed by atoms with Gasteiger partial charge in [0.15, 0.2) is 5.96 Å². The van der Waals surface area contributed by atoms with Crippen molar-refractivity contribution in [3.63, 3.8) is 0 Å². The summed E-state index contributed by atoms with van der Waals surface area (Å²) in [6.45, 7) is 3.32. The number of para-hydroxylation sites is 1. The average molecular weight is 562 g/mol. The number of nitrogens with zero attached hydrogens (tertiary/aromatic N) is 1. The third-order valence-corrected chi connectivity index (χ3v) is 6.43. The van der Waals surface area contributed by atoms with Crippen molar-refractivity contribution in [1.82, 2.24) is 16.0 Å². The largest absolute Gasteiger partial charge is 0.487 e. The van der Waals surface area contributed by atoms with E-state index >= 15 is 0 Å². The van der Waals surface area contributed by atoms with Crippen LogP contribution in [0.5, 0.6) is 5.75 Å². The number of carbonyl (C=O) groups is 1. The first-order chi connectivity index (χ1) is 15.6. The van der Waals surface area contributed by atoms with Gasteiger partial charge in [-0.3, -0.25) is 9.79 Å². The SMILES string of the molecule is CCCNC(=O)c1cccc(CNC(=NC)NC2CC3(CCCC3)Oc3ccccc32)c1.I. The number of ether oxygens (including phenoxy) is 1. The third-order valence-electron chi connectivity index (χ3n) is 6.43. The minimum atomic E-state index is -0.0644. The Hall–Kier alpha value is -2.29. The zero-order valence-corrected chi connectivity index (χ0v) is 21.9. The number of rotatable bonds is 6. The monoisotopic (exact) mass is 562 g/mol. The van der Waals surface area contributed by atoms with Crippen molar-refractivity contribution in [2.45, 2.75) is 63.6 Å². The minimum absolute atomic E-state index is 0. The van der Waals surface area contributed by atoms with E-state index in [9.17, 15) is 4.79 Å². The van der Waals surface area contributed by atoms with Gasteiger partial charge in [0.1, 0.15) is 11.4 Å². The maximum Gasteiger partial charge on any atom is 0.251 e. The molecule has 0 saturated heterocycles. The lowest BCUT2D eigenvalue weighted by atomic mass is 9.86. The molecular formula is C26H35IN4O2. The lowest BCUT2D eigenvalue weighted by Crippen LogP contribution is -2.46. The zero-order chi connectivity index (χ0) is 22.4. The molecule has 6 nitrogen and oxygen atoms in total. The standard InChI is InChI=1S/C26H34N4O2.HI/c1-3-15-28-24(31)20-10-8-9-19(16-20)18-29-25(27-2)30-22-17-26(13-6-7-14-26)32-23-12-5-4-11-21(22)23;/h4-5,8-12,16,22H,3,6-7,13-15,17-18H2,1-2H3,(H,28,31)(H2,27,29,30);1H. The molecule has 178 valence electrons. The van der Waals surface area contributed by atoms with Crippen LogP contribution in [-0.4, -0.2) is 31.1 Å². The van der Waals surface area contributed by atoms with E-state index in [1.54, 1.807) is 7.05 Å². The molecule has 2 aromatic rings. The Balaban J connectivity index is 0.00000306. The number of halogens is 1. The van der Waals surface area contributed by atoms with Gasteiger partial charge in [-0.1, -0.05) is 37.3 Å². The summed E-state index contributed by atoms with van der Waals surface area (Å²) in [5, 5.41) is 9.98. The van der Waals surface area contributed by atoms with E-state index in [4.69, 9.17) is 4.74 Å². The molecule has 2 aromatic carbocycles. The van der Waals surface area contributed by atoms with E-state index in [0.717, 1.165) is 43.0 Å². The molecule has 3 N–H and O–H groups in total. The van der Waals surface area contributed by atoms with Gasteiger partial charge in [-0.15, -0.1) is 24.0 Å². The predicted octanol–water partition coefficient (Wildman–Crippen LogP) is 4.95. The van der Waals surface area contributed by atoms with Crippen molar-refractivity contribution in [2.75, 3.05) is 13.6 Å². The molecule has 7 heteroatoms. The van der Waals surface area contributed by atoms with Crippen molar-refractivity contribution >= 4 is 35.8 Å². The van der Waals surface area contributed by atoms with Crippen LogP contribution in [0.2, 0.25) is 0 Å². The molecule has 1 aliphatic heterocycles. The Morgan fingerprint density at radius 3 is 2.67 bits per heavy atom. The maximum atomic E-state index is 12.3. The van der Waals surface area contributed by atoms with E-state index < -0.39 is 0 Å². The van der Waals surface area contributed by atoms with Crippen LogP contribution in [0.3, 0.4) is 0 Å². The highest BCUT2D eigenvalue weighted by Crippen LogP contribution is 2.46. The molecule has 1 heterocycles. The van der Waals surface area contributed by atoms with E-state index in [0.29, 0.717) is 18.7 Å². The number of guanidine groups is 1. The molecule has 1 unspecified atom stereocenters. The fourth-order valence-corrected chi connectivity index (χ4v) is 4.78. The van der Waals surface area contributed by atoms with Gasteiger partial charge in [-0.2, -0.15) is 0 Å². The zero-order valence-electron chi connectivity index (χ0n) is 19.5. The van der Waals surface area contributed by atoms with Crippen LogP contribution < -0.4 is 20.7 Å². The highest BCUT2D eigenvalue weighted by molar-refractivity contribution is 14.0. The molecule has 0 radical (unpaired) electrons. The van der Waals surface area contributed by atoms with Gasteiger partial charge in [0.05, 0.1) is 6.04 Å². The van der Waals surface area contributed by atoms with E-state index in [-0.39, 0.29) is 41.5 Å². The highest BCUT2D eigenvalue weighted by atomic mass is 127. The number of amides is 1. The summed E-state index contributed by atoms with van der Waals surface area (Å²) in [6, 6.07) is 16.2. The van der Waals surface area contributed by atoms with Crippen LogP contribution in [0.4, 0.5) is 0 Å². The maximum absolute atomic E-state index is 12.3. The van der Waals surface area contributed by atoms with E-state index in [1.807, 2.05) is 37.3 Å². The second kappa shape index (κ2) is 11.7. The first kappa shape index (κ1) is 25.3. The summed E-state index contributed by atoms with van der Waals surface area (Å²) in [4.78, 5) is 16.7. The quantitative estimate of drug-likeness (QED) is 0.265. The first-order valence-corrected chi connectivity index (χ1v) is 11.7. The summed E-state index contributed by atoms with van der Waals surface area (Å²) in [7, 11) is 1.79. The molecule has 1 spiro atoms. The van der Waals surface area contributed by atoms with Crippen molar-refractivity contribution in [2.24, 2.45) is 4.99 Å². The fourth-order valence-electron chi connectivity index (χ4n) is 4.78. The lowest BCUT2D eigenvalue weighted by molar-refractivity contribution is 0.0396. The van der Waals surface area contributed by atoms with Gasteiger partial charge in [0.25, 0.3) is 5.91 Å². The minimum Gasteiger partial charge on any atom is -0.487 e. The number of nitrogens with one attached hydrogen (secondary N) is 3. The molecule has 33 heavy (non-hydrogen) atoms. The van der Waals surface area contributed by atoms with Crippen LogP contribution >= 0.6 is 24.0 Å². The number of fused-ring (bicyclic) bond motifs is 1. The molecular weight excluding hydrogens is 527 g/mol. The Bertz CT molecular complexity index is 972. The number of carbonyl (C=O) groups excluding carboxylic acids is 1. The van der Waals surface area contributed by atoms with Crippen LogP contribution in [-0.2, 0) is 6.54 Å². The third kappa shape index (κ3) is 6.19. The van der Waals surface area contributed by atoms with Gasteiger partial charge in [-0.05, 0) is 55.9 Å². The summed E-state index contributed by atoms with van der Waals surface area (Å²) in [6.07, 6.45) is 6.54. The summed E-state index contributed by atoms with van der Waals surface area (Å²) in [5.74, 6) is 1.71. The van der Waals surface area contributed by atoms with Gasteiger partial charge >= 0.3 is 0 Å². The molecule has 1 fully saturated rings. The molecule has 1 atom stereocenters. The Kier molecular flexibility index (Phi) is 9.00. The van der Waals surface area contributed by atoms with Crippen molar-refractivity contribution in [1.29, 1.82) is 0 Å².